The first-order valence-corrected chi connectivity index (χ1v) is 7.16. The van der Waals surface area contributed by atoms with E-state index in [1.165, 1.54) is 17.4 Å². The Labute approximate surface area is 124 Å². The number of anilines is 1. The van der Waals surface area contributed by atoms with Crippen molar-refractivity contribution in [1.29, 1.82) is 0 Å². The molecule has 0 bridgehead atoms. The topological polar surface area (TPSA) is 38.9 Å². The van der Waals surface area contributed by atoms with E-state index in [0.717, 1.165) is 27.5 Å². The van der Waals surface area contributed by atoms with Crippen LogP contribution in [0.25, 0.3) is 21.8 Å². The van der Waals surface area contributed by atoms with Crippen LogP contribution < -0.4 is 5.73 Å². The average molecular weight is 305 g/mol. The summed E-state index contributed by atoms with van der Waals surface area (Å²) >= 11 is 7.32. The second-order valence-corrected chi connectivity index (χ2v) is 5.55. The maximum atomic E-state index is 13.2. The number of nitrogens with two attached hydrogens (primary N) is 1. The molecule has 0 amide bonds. The van der Waals surface area contributed by atoms with Crippen LogP contribution in [-0.2, 0) is 0 Å². The highest BCUT2D eigenvalue weighted by Gasteiger charge is 2.08. The Morgan fingerprint density at radius 2 is 1.75 bits per heavy atom. The van der Waals surface area contributed by atoms with Gasteiger partial charge in [-0.2, -0.15) is 0 Å². The molecule has 3 aromatic rings. The molecule has 0 radical (unpaired) electrons. The molecule has 0 aliphatic carbocycles. The highest BCUT2D eigenvalue weighted by molar-refractivity contribution is 7.13. The predicted molar refractivity (Wildman–Crippen MR) is 82.4 cm³/mol. The molecule has 0 saturated carbocycles. The Balaban J connectivity index is 1.97. The maximum absolute atomic E-state index is 13.2. The quantitative estimate of drug-likeness (QED) is 0.687. The largest absolute Gasteiger partial charge is 0.399 e. The monoisotopic (exact) mass is 304 g/mol. The summed E-state index contributed by atoms with van der Waals surface area (Å²) in [5, 5.41) is 2.92. The normalized spacial score (nSPS) is 10.7. The smallest absolute Gasteiger partial charge is 0.141 e. The van der Waals surface area contributed by atoms with Crippen LogP contribution in [0.5, 0.6) is 0 Å². The summed E-state index contributed by atoms with van der Waals surface area (Å²) in [5.41, 5.74) is 8.97. The number of halogens is 2. The lowest BCUT2D eigenvalue weighted by molar-refractivity contribution is 0.628. The Bertz CT molecular complexity index is 753. The van der Waals surface area contributed by atoms with Crippen molar-refractivity contribution in [2.24, 2.45) is 0 Å². The molecule has 0 fully saturated rings. The van der Waals surface area contributed by atoms with E-state index in [4.69, 9.17) is 17.3 Å². The molecule has 0 aliphatic heterocycles. The zero-order chi connectivity index (χ0) is 14.1. The first kappa shape index (κ1) is 13.1. The van der Waals surface area contributed by atoms with Crippen molar-refractivity contribution in [1.82, 2.24) is 4.98 Å². The van der Waals surface area contributed by atoms with E-state index in [2.05, 4.69) is 4.98 Å². The Kier molecular flexibility index (Phi) is 3.42. The van der Waals surface area contributed by atoms with Gasteiger partial charge < -0.3 is 5.73 Å². The minimum atomic E-state index is -0.426. The molecule has 2 N–H and O–H groups in total. The Hall–Kier alpha value is -1.91. The number of thiazole rings is 1. The van der Waals surface area contributed by atoms with Crippen LogP contribution in [0.15, 0.2) is 47.8 Å². The lowest BCUT2D eigenvalue weighted by atomic mass is 10.1. The highest BCUT2D eigenvalue weighted by Crippen LogP contribution is 2.30. The summed E-state index contributed by atoms with van der Waals surface area (Å²) in [6.07, 6.45) is 0. The van der Waals surface area contributed by atoms with Crippen molar-refractivity contribution in [2.75, 3.05) is 5.73 Å². The van der Waals surface area contributed by atoms with Crippen LogP contribution in [0.4, 0.5) is 10.1 Å². The molecule has 5 heteroatoms. The van der Waals surface area contributed by atoms with Gasteiger partial charge in [-0.15, -0.1) is 11.3 Å². The molecule has 2 aromatic carbocycles. The van der Waals surface area contributed by atoms with Crippen molar-refractivity contribution in [2.45, 2.75) is 0 Å². The Morgan fingerprint density at radius 3 is 2.45 bits per heavy atom. The molecule has 20 heavy (non-hydrogen) atoms. The molecule has 3 rings (SSSR count). The minimum Gasteiger partial charge on any atom is -0.399 e. The van der Waals surface area contributed by atoms with Gasteiger partial charge in [-0.3, -0.25) is 0 Å². The fourth-order valence-electron chi connectivity index (χ4n) is 1.82. The summed E-state index contributed by atoms with van der Waals surface area (Å²) in [6.45, 7) is 0. The summed E-state index contributed by atoms with van der Waals surface area (Å²) < 4.78 is 13.2. The van der Waals surface area contributed by atoms with Crippen molar-refractivity contribution in [3.05, 3.63) is 58.7 Å². The molecule has 0 aliphatic rings. The summed E-state index contributed by atoms with van der Waals surface area (Å²) in [5.74, 6) is -0.426. The zero-order valence-electron chi connectivity index (χ0n) is 10.3. The van der Waals surface area contributed by atoms with Gasteiger partial charge in [0.05, 0.1) is 10.7 Å². The van der Waals surface area contributed by atoms with E-state index in [1.807, 2.05) is 29.6 Å². The van der Waals surface area contributed by atoms with Gasteiger partial charge in [0.2, 0.25) is 0 Å². The lowest BCUT2D eigenvalue weighted by Gasteiger charge is -1.99. The SMILES string of the molecule is Nc1ccc(-c2nc(-c3ccc(F)c(Cl)c3)cs2)cc1. The van der Waals surface area contributed by atoms with Crippen LogP contribution in [0, 0.1) is 5.82 Å². The molecule has 0 spiro atoms. The molecule has 2 nitrogen and oxygen atoms in total. The van der Waals surface area contributed by atoms with Gasteiger partial charge in [0, 0.05) is 22.2 Å². The third kappa shape index (κ3) is 2.53. The number of rotatable bonds is 2. The standard InChI is InChI=1S/C15H10ClFN2S/c16-12-7-10(3-6-13(12)17)14-8-20-15(19-14)9-1-4-11(18)5-2-9/h1-8H,18H2. The van der Waals surface area contributed by atoms with Crippen LogP contribution in [0.1, 0.15) is 0 Å². The van der Waals surface area contributed by atoms with Crippen LogP contribution in [-0.4, -0.2) is 4.98 Å². The third-order valence-electron chi connectivity index (χ3n) is 2.88. The number of nitrogen functional groups attached to an aromatic ring is 1. The number of nitrogens with zero attached hydrogens (tertiary/aromatic N) is 1. The average Bonchev–Trinajstić information content (AvgIpc) is 2.92. The first-order valence-electron chi connectivity index (χ1n) is 5.90. The second kappa shape index (κ2) is 5.23. The van der Waals surface area contributed by atoms with Crippen LogP contribution >= 0.6 is 22.9 Å². The molecular formula is C15H10ClFN2S. The fraction of sp³-hybridized carbons (Fsp3) is 0. The molecule has 1 heterocycles. The van der Waals surface area contributed by atoms with E-state index in [-0.39, 0.29) is 5.02 Å². The molecular weight excluding hydrogens is 295 g/mol. The third-order valence-corrected chi connectivity index (χ3v) is 4.06. The van der Waals surface area contributed by atoms with Crippen molar-refractivity contribution < 1.29 is 4.39 Å². The van der Waals surface area contributed by atoms with Crippen molar-refractivity contribution in [3.63, 3.8) is 0 Å². The van der Waals surface area contributed by atoms with Crippen molar-refractivity contribution in [3.8, 4) is 21.8 Å². The van der Waals surface area contributed by atoms with E-state index < -0.39 is 5.82 Å². The van der Waals surface area contributed by atoms with Gasteiger partial charge in [-0.25, -0.2) is 9.37 Å². The van der Waals surface area contributed by atoms with Gasteiger partial charge in [0.15, 0.2) is 0 Å². The highest BCUT2D eigenvalue weighted by atomic mass is 35.5. The molecule has 1 aromatic heterocycles. The number of aromatic nitrogens is 1. The molecule has 100 valence electrons. The van der Waals surface area contributed by atoms with Crippen LogP contribution in [0.3, 0.4) is 0 Å². The molecule has 0 atom stereocenters. The molecule has 0 unspecified atom stereocenters. The van der Waals surface area contributed by atoms with E-state index >= 15 is 0 Å². The molecule has 0 saturated heterocycles. The summed E-state index contributed by atoms with van der Waals surface area (Å²) in [7, 11) is 0. The summed E-state index contributed by atoms with van der Waals surface area (Å²) in [4.78, 5) is 4.55. The second-order valence-electron chi connectivity index (χ2n) is 4.29. The maximum Gasteiger partial charge on any atom is 0.141 e. The van der Waals surface area contributed by atoms with Crippen LogP contribution in [0.2, 0.25) is 5.02 Å². The van der Waals surface area contributed by atoms with Gasteiger partial charge in [-0.1, -0.05) is 11.6 Å². The Morgan fingerprint density at radius 1 is 1.05 bits per heavy atom. The van der Waals surface area contributed by atoms with Crippen molar-refractivity contribution >= 4 is 28.6 Å². The number of hydrogen-bond acceptors (Lipinski definition) is 3. The first-order chi connectivity index (χ1) is 9.63. The fourth-order valence-corrected chi connectivity index (χ4v) is 2.84. The van der Waals surface area contributed by atoms with E-state index in [1.54, 1.807) is 12.1 Å². The predicted octanol–water partition coefficient (Wildman–Crippen LogP) is 4.85. The number of hydrogen-bond donors (Lipinski definition) is 1. The van der Waals surface area contributed by atoms with E-state index in [0.29, 0.717) is 0 Å². The van der Waals surface area contributed by atoms with Gasteiger partial charge in [0.1, 0.15) is 10.8 Å². The van der Waals surface area contributed by atoms with Gasteiger partial charge in [-0.05, 0) is 42.5 Å². The van der Waals surface area contributed by atoms with Gasteiger partial charge >= 0.3 is 0 Å². The zero-order valence-corrected chi connectivity index (χ0v) is 11.9. The van der Waals surface area contributed by atoms with E-state index in [9.17, 15) is 4.39 Å². The van der Waals surface area contributed by atoms with Gasteiger partial charge in [0.25, 0.3) is 0 Å². The summed E-state index contributed by atoms with van der Waals surface area (Å²) in [6, 6.07) is 12.1. The minimum absolute atomic E-state index is 0.101. The number of benzene rings is 2. The lowest BCUT2D eigenvalue weighted by Crippen LogP contribution is -1.84.